The minimum absolute atomic E-state index is 0.212. The van der Waals surface area contributed by atoms with Crippen molar-refractivity contribution in [2.45, 2.75) is 26.7 Å². The predicted molar refractivity (Wildman–Crippen MR) is 169 cm³/mol. The molecular weight excluding hydrogens is 520 g/mol. The fraction of sp³-hybridized carbons (Fsp3) is 0.139. The van der Waals surface area contributed by atoms with Crippen LogP contribution in [0.2, 0.25) is 0 Å². The Hall–Kier alpha value is -5.23. The van der Waals surface area contributed by atoms with Crippen molar-refractivity contribution in [1.82, 2.24) is 19.9 Å². The summed E-state index contributed by atoms with van der Waals surface area (Å²) < 4.78 is 5.03. The van der Waals surface area contributed by atoms with Gasteiger partial charge in [0.25, 0.3) is 0 Å². The van der Waals surface area contributed by atoms with Gasteiger partial charge in [0.1, 0.15) is 0 Å². The van der Waals surface area contributed by atoms with Crippen LogP contribution >= 0.6 is 0 Å². The minimum atomic E-state index is -0.212. The first-order chi connectivity index (χ1) is 20.6. The van der Waals surface area contributed by atoms with Crippen LogP contribution in [-0.4, -0.2) is 32.5 Å². The Morgan fingerprint density at radius 2 is 1.17 bits per heavy atom. The summed E-state index contributed by atoms with van der Waals surface area (Å²) in [6.45, 7) is 4.17. The van der Waals surface area contributed by atoms with Gasteiger partial charge >= 0.3 is 5.97 Å². The van der Waals surface area contributed by atoms with Gasteiger partial charge < -0.3 is 4.74 Å². The predicted octanol–water partition coefficient (Wildman–Crippen LogP) is 7.75. The third-order valence-electron chi connectivity index (χ3n) is 6.46. The van der Waals surface area contributed by atoms with Crippen molar-refractivity contribution < 1.29 is 9.53 Å². The summed E-state index contributed by atoms with van der Waals surface area (Å²) in [5.74, 6) is -0.212. The van der Waals surface area contributed by atoms with E-state index < -0.39 is 0 Å². The maximum atomic E-state index is 11.7. The van der Waals surface area contributed by atoms with Crippen LogP contribution < -0.4 is 0 Å². The lowest BCUT2D eigenvalue weighted by Crippen LogP contribution is -2.06. The van der Waals surface area contributed by atoms with Gasteiger partial charge in [0.05, 0.1) is 47.2 Å². The number of hydrogen-bond donors (Lipinski definition) is 0. The van der Waals surface area contributed by atoms with Crippen molar-refractivity contribution in [1.29, 1.82) is 0 Å². The molecule has 0 spiro atoms. The normalized spacial score (nSPS) is 11.3. The number of nitrogens with zero attached hydrogens (tertiary/aromatic N) is 4. The van der Waals surface area contributed by atoms with Crippen LogP contribution in [0, 0.1) is 6.92 Å². The molecular formula is C36H32N4O2. The summed E-state index contributed by atoms with van der Waals surface area (Å²) in [5.41, 5.74) is 8.92. The van der Waals surface area contributed by atoms with Crippen molar-refractivity contribution in [2.75, 3.05) is 6.61 Å². The fourth-order valence-electron chi connectivity index (χ4n) is 4.41. The van der Waals surface area contributed by atoms with Crippen LogP contribution in [0.3, 0.4) is 0 Å². The van der Waals surface area contributed by atoms with Gasteiger partial charge in [-0.05, 0) is 91.7 Å². The van der Waals surface area contributed by atoms with Gasteiger partial charge in [0.15, 0.2) is 0 Å². The minimum Gasteiger partial charge on any atom is -0.466 e. The second-order valence-electron chi connectivity index (χ2n) is 9.72. The van der Waals surface area contributed by atoms with E-state index in [1.54, 1.807) is 0 Å². The Labute approximate surface area is 246 Å². The van der Waals surface area contributed by atoms with E-state index in [2.05, 4.69) is 35.3 Å². The van der Waals surface area contributed by atoms with E-state index in [9.17, 15) is 4.79 Å². The zero-order valence-electron chi connectivity index (χ0n) is 23.8. The first-order valence-corrected chi connectivity index (χ1v) is 14.0. The monoisotopic (exact) mass is 552 g/mol. The largest absolute Gasteiger partial charge is 0.466 e. The summed E-state index contributed by atoms with van der Waals surface area (Å²) in [6, 6.07) is 31.9. The molecule has 0 aliphatic carbocycles. The number of aromatic nitrogens is 4. The lowest BCUT2D eigenvalue weighted by Gasteiger charge is -2.05. The molecule has 5 rings (SSSR count). The van der Waals surface area contributed by atoms with Crippen LogP contribution in [0.15, 0.2) is 97.1 Å². The third kappa shape index (κ3) is 7.92. The molecule has 208 valence electrons. The van der Waals surface area contributed by atoms with Crippen LogP contribution in [0.25, 0.3) is 47.1 Å². The molecule has 6 heteroatoms. The molecule has 42 heavy (non-hydrogen) atoms. The first-order valence-electron chi connectivity index (χ1n) is 14.0. The molecule has 6 nitrogen and oxygen atoms in total. The number of carbonyl (C=O) groups is 1. The Morgan fingerprint density at radius 3 is 1.76 bits per heavy atom. The van der Waals surface area contributed by atoms with Crippen LogP contribution in [-0.2, 0) is 16.0 Å². The number of esters is 1. The van der Waals surface area contributed by atoms with Crippen molar-refractivity contribution in [3.05, 3.63) is 131 Å². The fourth-order valence-corrected chi connectivity index (χ4v) is 4.41. The molecule has 1 aromatic carbocycles. The Bertz CT molecular complexity index is 1740. The highest BCUT2D eigenvalue weighted by Gasteiger charge is 2.07. The SMILES string of the molecule is CCOC(=O)CCc1cccc(-c2cccc(/C=C/c3cccc(/C=C/c4cccc(-c5cccc(C)n5)n4)c3)n2)n1. The average molecular weight is 553 g/mol. The van der Waals surface area contributed by atoms with Crippen molar-refractivity contribution in [2.24, 2.45) is 0 Å². The maximum Gasteiger partial charge on any atom is 0.306 e. The van der Waals surface area contributed by atoms with Crippen molar-refractivity contribution in [3.63, 3.8) is 0 Å². The van der Waals surface area contributed by atoms with E-state index in [-0.39, 0.29) is 5.97 Å². The number of rotatable bonds is 10. The number of ether oxygens (including phenoxy) is 1. The second-order valence-corrected chi connectivity index (χ2v) is 9.72. The highest BCUT2D eigenvalue weighted by atomic mass is 16.5. The van der Waals surface area contributed by atoms with Gasteiger partial charge in [0, 0.05) is 17.8 Å². The number of benzene rings is 1. The Balaban J connectivity index is 1.27. The van der Waals surface area contributed by atoms with Gasteiger partial charge in [-0.2, -0.15) is 0 Å². The van der Waals surface area contributed by atoms with E-state index >= 15 is 0 Å². The molecule has 0 aliphatic heterocycles. The molecule has 4 heterocycles. The Kier molecular flexibility index (Phi) is 9.37. The summed E-state index contributed by atoms with van der Waals surface area (Å²) >= 11 is 0. The van der Waals surface area contributed by atoms with Gasteiger partial charge in [-0.15, -0.1) is 0 Å². The van der Waals surface area contributed by atoms with Crippen LogP contribution in [0.5, 0.6) is 0 Å². The lowest BCUT2D eigenvalue weighted by atomic mass is 10.1. The summed E-state index contributed by atoms with van der Waals surface area (Å²) in [4.78, 5) is 30.6. The quantitative estimate of drug-likeness (QED) is 0.165. The smallest absolute Gasteiger partial charge is 0.306 e. The molecule has 0 aliphatic rings. The molecule has 0 N–H and O–H groups in total. The van der Waals surface area contributed by atoms with Gasteiger partial charge in [0.2, 0.25) is 0 Å². The van der Waals surface area contributed by atoms with E-state index in [1.165, 1.54) is 0 Å². The topological polar surface area (TPSA) is 77.9 Å². The highest BCUT2D eigenvalue weighted by Crippen LogP contribution is 2.19. The average Bonchev–Trinajstić information content (AvgIpc) is 3.03. The zero-order chi connectivity index (χ0) is 29.1. The van der Waals surface area contributed by atoms with Gasteiger partial charge in [-0.3, -0.25) is 14.8 Å². The van der Waals surface area contributed by atoms with E-state index in [0.717, 1.165) is 56.7 Å². The second kappa shape index (κ2) is 13.9. The van der Waals surface area contributed by atoms with Crippen LogP contribution in [0.1, 0.15) is 47.2 Å². The molecule has 0 unspecified atom stereocenters. The van der Waals surface area contributed by atoms with Gasteiger partial charge in [-0.25, -0.2) is 9.97 Å². The third-order valence-corrected chi connectivity index (χ3v) is 6.46. The maximum absolute atomic E-state index is 11.7. The molecule has 0 fully saturated rings. The number of pyridine rings is 4. The van der Waals surface area contributed by atoms with E-state index in [0.29, 0.717) is 19.4 Å². The zero-order valence-corrected chi connectivity index (χ0v) is 23.8. The Morgan fingerprint density at radius 1 is 0.643 bits per heavy atom. The van der Waals surface area contributed by atoms with Crippen LogP contribution in [0.4, 0.5) is 0 Å². The summed E-state index contributed by atoms with van der Waals surface area (Å²) in [6.07, 6.45) is 8.96. The van der Waals surface area contributed by atoms with Gasteiger partial charge in [-0.1, -0.05) is 54.6 Å². The van der Waals surface area contributed by atoms with E-state index in [1.807, 2.05) is 105 Å². The number of aryl methyl sites for hydroxylation is 2. The number of carbonyl (C=O) groups excluding carboxylic acids is 1. The molecule has 0 saturated carbocycles. The lowest BCUT2D eigenvalue weighted by molar-refractivity contribution is -0.143. The van der Waals surface area contributed by atoms with Crippen molar-refractivity contribution in [3.8, 4) is 22.8 Å². The standard InChI is InChI=1S/C36H32N4O2/c1-3-42-36(41)24-23-31-14-8-18-35(40-31)34-17-7-13-30(39-34)22-20-28-11-5-10-27(25-28)19-21-29-12-6-16-33(38-29)32-15-4-9-26(2)37-32/h4-22,25H,3,23-24H2,1-2H3/b21-19+,22-20+. The summed E-state index contributed by atoms with van der Waals surface area (Å²) in [5, 5.41) is 0. The molecule has 4 aromatic heterocycles. The van der Waals surface area contributed by atoms with Crippen molar-refractivity contribution >= 4 is 30.3 Å². The number of hydrogen-bond acceptors (Lipinski definition) is 6. The molecule has 0 amide bonds. The molecule has 0 bridgehead atoms. The first kappa shape index (κ1) is 28.3. The van der Waals surface area contributed by atoms with E-state index in [4.69, 9.17) is 19.7 Å². The molecule has 0 radical (unpaired) electrons. The molecule has 5 aromatic rings. The summed E-state index contributed by atoms with van der Waals surface area (Å²) in [7, 11) is 0. The molecule has 0 atom stereocenters. The molecule has 0 saturated heterocycles. The highest BCUT2D eigenvalue weighted by molar-refractivity contribution is 5.74.